The molecule has 0 fully saturated rings. The number of benzene rings is 2. The van der Waals surface area contributed by atoms with Crippen LogP contribution in [0.4, 0.5) is 0 Å². The number of aromatic hydroxyl groups is 1. The highest BCUT2D eigenvalue weighted by Gasteiger charge is 2.12. The zero-order valence-electron chi connectivity index (χ0n) is 15.1. The van der Waals surface area contributed by atoms with Gasteiger partial charge in [0.05, 0.1) is 17.8 Å². The number of carbonyl (C=O) groups is 2. The van der Waals surface area contributed by atoms with Crippen molar-refractivity contribution in [3.63, 3.8) is 0 Å². The number of carbonyl (C=O) groups excluding carboxylic acids is 2. The number of hydrogen-bond acceptors (Lipinski definition) is 4. The molecule has 0 aliphatic heterocycles. The van der Waals surface area contributed by atoms with E-state index >= 15 is 0 Å². The van der Waals surface area contributed by atoms with Crippen molar-refractivity contribution in [3.8, 4) is 5.75 Å². The molecule has 0 saturated heterocycles. The monoisotopic (exact) mass is 364 g/mol. The second-order valence-electron chi connectivity index (χ2n) is 6.21. The van der Waals surface area contributed by atoms with Gasteiger partial charge >= 0.3 is 0 Å². The van der Waals surface area contributed by atoms with E-state index < -0.39 is 11.8 Å². The number of phenols is 1. The van der Waals surface area contributed by atoms with Crippen LogP contribution >= 0.6 is 0 Å². The van der Waals surface area contributed by atoms with Gasteiger partial charge in [0, 0.05) is 11.3 Å². The molecule has 0 radical (unpaired) electrons. The van der Waals surface area contributed by atoms with Gasteiger partial charge < -0.3 is 5.11 Å². The van der Waals surface area contributed by atoms with Crippen molar-refractivity contribution in [3.05, 3.63) is 82.7 Å². The standard InChI is InChI=1S/C20H20N4O3/c1-13-10-14(2)24(23-13)12-15-6-5-7-16(11-15)19(26)21-22-20(27)17-8-3-4-9-18(17)25/h3-11,25H,12H2,1-2H3,(H,21,26)(H,22,27). The summed E-state index contributed by atoms with van der Waals surface area (Å²) in [5, 5.41) is 14.1. The van der Waals surface area contributed by atoms with Gasteiger partial charge in [-0.05, 0) is 49.7 Å². The smallest absolute Gasteiger partial charge is 0.273 e. The molecule has 1 aromatic heterocycles. The minimum absolute atomic E-state index is 0.0797. The summed E-state index contributed by atoms with van der Waals surface area (Å²) in [5.74, 6) is -1.20. The molecule has 2 amide bonds. The van der Waals surface area contributed by atoms with Gasteiger partial charge in [-0.3, -0.25) is 25.1 Å². The molecule has 3 rings (SSSR count). The predicted molar refractivity (Wildman–Crippen MR) is 100 cm³/mol. The van der Waals surface area contributed by atoms with E-state index in [9.17, 15) is 14.7 Å². The highest BCUT2D eigenvalue weighted by molar-refractivity contribution is 6.00. The lowest BCUT2D eigenvalue weighted by atomic mass is 10.1. The second-order valence-corrected chi connectivity index (χ2v) is 6.21. The fourth-order valence-electron chi connectivity index (χ4n) is 2.74. The summed E-state index contributed by atoms with van der Waals surface area (Å²) in [6.45, 7) is 4.46. The van der Waals surface area contributed by atoms with Crippen LogP contribution in [0.2, 0.25) is 0 Å². The number of rotatable bonds is 4. The Morgan fingerprint density at radius 3 is 2.44 bits per heavy atom. The van der Waals surface area contributed by atoms with Crippen LogP contribution in [0.15, 0.2) is 54.6 Å². The molecule has 1 heterocycles. The lowest BCUT2D eigenvalue weighted by molar-refractivity contribution is 0.0845. The summed E-state index contributed by atoms with van der Waals surface area (Å²) in [4.78, 5) is 24.4. The minimum atomic E-state index is -0.597. The van der Waals surface area contributed by atoms with E-state index in [1.54, 1.807) is 30.3 Å². The summed E-state index contributed by atoms with van der Waals surface area (Å²) in [6.07, 6.45) is 0. The maximum Gasteiger partial charge on any atom is 0.273 e. The highest BCUT2D eigenvalue weighted by atomic mass is 16.3. The van der Waals surface area contributed by atoms with Crippen molar-refractivity contribution in [2.75, 3.05) is 0 Å². The Balaban J connectivity index is 1.66. The van der Waals surface area contributed by atoms with Gasteiger partial charge in [-0.2, -0.15) is 5.10 Å². The van der Waals surface area contributed by atoms with Crippen molar-refractivity contribution in [2.24, 2.45) is 0 Å². The van der Waals surface area contributed by atoms with Crippen molar-refractivity contribution in [1.29, 1.82) is 0 Å². The van der Waals surface area contributed by atoms with Gasteiger partial charge in [-0.15, -0.1) is 0 Å². The molecular formula is C20H20N4O3. The van der Waals surface area contributed by atoms with Crippen LogP contribution < -0.4 is 10.9 Å². The third-order valence-corrected chi connectivity index (χ3v) is 4.06. The van der Waals surface area contributed by atoms with Crippen LogP contribution in [0, 0.1) is 13.8 Å². The number of phenolic OH excluding ortho intramolecular Hbond substituents is 1. The Labute approximate surface area is 156 Å². The maximum absolute atomic E-state index is 12.3. The molecule has 0 aliphatic rings. The normalized spacial score (nSPS) is 10.4. The van der Waals surface area contributed by atoms with Crippen molar-refractivity contribution >= 4 is 11.8 Å². The van der Waals surface area contributed by atoms with E-state index in [2.05, 4.69) is 16.0 Å². The van der Waals surface area contributed by atoms with Gasteiger partial charge in [-0.25, -0.2) is 0 Å². The summed E-state index contributed by atoms with van der Waals surface area (Å²) in [6, 6.07) is 15.2. The molecule has 27 heavy (non-hydrogen) atoms. The number of amides is 2. The van der Waals surface area contributed by atoms with E-state index in [4.69, 9.17) is 0 Å². The molecule has 7 heteroatoms. The number of nitrogens with zero attached hydrogens (tertiary/aromatic N) is 2. The van der Waals surface area contributed by atoms with E-state index in [0.717, 1.165) is 17.0 Å². The topological polar surface area (TPSA) is 96.2 Å². The fraction of sp³-hybridized carbons (Fsp3) is 0.150. The van der Waals surface area contributed by atoms with Crippen molar-refractivity contribution in [2.45, 2.75) is 20.4 Å². The number of aromatic nitrogens is 2. The fourth-order valence-corrected chi connectivity index (χ4v) is 2.74. The largest absolute Gasteiger partial charge is 0.507 e. The molecule has 0 spiro atoms. The first-order chi connectivity index (χ1) is 12.9. The first-order valence-electron chi connectivity index (χ1n) is 8.42. The Morgan fingerprint density at radius 2 is 1.74 bits per heavy atom. The SMILES string of the molecule is Cc1cc(C)n(Cc2cccc(C(=O)NNC(=O)c3ccccc3O)c2)n1. The lowest BCUT2D eigenvalue weighted by Crippen LogP contribution is -2.41. The van der Waals surface area contributed by atoms with Gasteiger partial charge in [-0.1, -0.05) is 24.3 Å². The van der Waals surface area contributed by atoms with Crippen LogP contribution in [0.5, 0.6) is 5.75 Å². The number of hydrogen-bond donors (Lipinski definition) is 3. The third kappa shape index (κ3) is 4.33. The molecule has 0 unspecified atom stereocenters. The van der Waals surface area contributed by atoms with Gasteiger partial charge in [0.2, 0.25) is 0 Å². The number of aryl methyl sites for hydroxylation is 2. The minimum Gasteiger partial charge on any atom is -0.507 e. The van der Waals surface area contributed by atoms with Gasteiger partial charge in [0.1, 0.15) is 5.75 Å². The molecule has 138 valence electrons. The van der Waals surface area contributed by atoms with Gasteiger partial charge in [0.25, 0.3) is 11.8 Å². The first kappa shape index (κ1) is 18.2. The average Bonchev–Trinajstić information content (AvgIpc) is 2.97. The molecule has 0 atom stereocenters. The number of hydrazine groups is 1. The Bertz CT molecular complexity index is 994. The maximum atomic E-state index is 12.3. The molecule has 0 bridgehead atoms. The number of para-hydroxylation sites is 1. The quantitative estimate of drug-likeness (QED) is 0.619. The first-order valence-corrected chi connectivity index (χ1v) is 8.42. The van der Waals surface area contributed by atoms with E-state index in [0.29, 0.717) is 12.1 Å². The summed E-state index contributed by atoms with van der Waals surface area (Å²) >= 11 is 0. The molecule has 0 saturated carbocycles. The van der Waals surface area contributed by atoms with E-state index in [1.807, 2.05) is 30.7 Å². The second kappa shape index (κ2) is 7.74. The average molecular weight is 364 g/mol. The van der Waals surface area contributed by atoms with Crippen LogP contribution in [0.1, 0.15) is 37.7 Å². The van der Waals surface area contributed by atoms with E-state index in [-0.39, 0.29) is 11.3 Å². The molecule has 3 aromatic rings. The summed E-state index contributed by atoms with van der Waals surface area (Å²) < 4.78 is 1.87. The predicted octanol–water partition coefficient (Wildman–Crippen LogP) is 2.33. The van der Waals surface area contributed by atoms with Crippen molar-refractivity contribution in [1.82, 2.24) is 20.6 Å². The van der Waals surface area contributed by atoms with Crippen LogP contribution in [-0.2, 0) is 6.54 Å². The Kier molecular flexibility index (Phi) is 5.21. The van der Waals surface area contributed by atoms with Crippen LogP contribution in [0.3, 0.4) is 0 Å². The lowest BCUT2D eigenvalue weighted by Gasteiger charge is -2.10. The Morgan fingerprint density at radius 1 is 1.00 bits per heavy atom. The zero-order valence-corrected chi connectivity index (χ0v) is 15.1. The molecule has 3 N–H and O–H groups in total. The summed E-state index contributed by atoms with van der Waals surface area (Å²) in [5.41, 5.74) is 8.05. The highest BCUT2D eigenvalue weighted by Crippen LogP contribution is 2.15. The zero-order chi connectivity index (χ0) is 19.4. The van der Waals surface area contributed by atoms with Crippen molar-refractivity contribution < 1.29 is 14.7 Å². The van der Waals surface area contributed by atoms with Gasteiger partial charge in [0.15, 0.2) is 0 Å². The molecule has 7 nitrogen and oxygen atoms in total. The Hall–Kier alpha value is -3.61. The third-order valence-electron chi connectivity index (χ3n) is 4.06. The van der Waals surface area contributed by atoms with E-state index in [1.165, 1.54) is 12.1 Å². The number of nitrogens with one attached hydrogen (secondary N) is 2. The molecule has 0 aliphatic carbocycles. The van der Waals surface area contributed by atoms with Crippen LogP contribution in [-0.4, -0.2) is 26.7 Å². The summed E-state index contributed by atoms with van der Waals surface area (Å²) in [7, 11) is 0. The molecular weight excluding hydrogens is 344 g/mol. The van der Waals surface area contributed by atoms with Crippen LogP contribution in [0.25, 0.3) is 0 Å². The molecule has 2 aromatic carbocycles.